The van der Waals surface area contributed by atoms with E-state index in [-0.39, 0.29) is 18.4 Å². The van der Waals surface area contributed by atoms with Gasteiger partial charge in [0.05, 0.1) is 0 Å². The summed E-state index contributed by atoms with van der Waals surface area (Å²) in [5.41, 5.74) is 3.44. The number of carbonyl (C=O) groups excluding carboxylic acids is 1. The Kier molecular flexibility index (Phi) is 4.74. The average molecular weight is 323 g/mol. The van der Waals surface area contributed by atoms with Crippen molar-refractivity contribution < 1.29 is 14.1 Å². The maximum absolute atomic E-state index is 12.3. The molecule has 2 aromatic rings. The molecule has 0 spiro atoms. The third-order valence-electron chi connectivity index (χ3n) is 3.98. The van der Waals surface area contributed by atoms with Crippen molar-refractivity contribution in [2.45, 2.75) is 20.8 Å². The van der Waals surface area contributed by atoms with Crippen molar-refractivity contribution in [3.05, 3.63) is 59.7 Å². The third kappa shape index (κ3) is 4.05. The summed E-state index contributed by atoms with van der Waals surface area (Å²) in [7, 11) is -0.380. The van der Waals surface area contributed by atoms with E-state index >= 15 is 0 Å². The monoisotopic (exact) mass is 323 g/mol. The summed E-state index contributed by atoms with van der Waals surface area (Å²) >= 11 is 0. The Morgan fingerprint density at radius 3 is 2.42 bits per heavy atom. The summed E-state index contributed by atoms with van der Waals surface area (Å²) in [5, 5.41) is 2.92. The fourth-order valence-corrected chi connectivity index (χ4v) is 2.56. The summed E-state index contributed by atoms with van der Waals surface area (Å²) in [6.45, 7) is 7.52. The van der Waals surface area contributed by atoms with Crippen LogP contribution in [0.4, 0.5) is 5.69 Å². The SMILES string of the molecule is Cc1ccc(C(=O)Nc2cccc(B3OCC(C)(C)CO3)c2)cc1. The van der Waals surface area contributed by atoms with E-state index < -0.39 is 0 Å². The van der Waals surface area contributed by atoms with Gasteiger partial charge in [0.25, 0.3) is 5.91 Å². The Hall–Kier alpha value is -2.11. The van der Waals surface area contributed by atoms with E-state index in [4.69, 9.17) is 9.31 Å². The van der Waals surface area contributed by atoms with Crippen molar-refractivity contribution in [2.24, 2.45) is 5.41 Å². The highest BCUT2D eigenvalue weighted by atomic mass is 16.6. The molecule has 0 aliphatic carbocycles. The van der Waals surface area contributed by atoms with Crippen LogP contribution in [0.1, 0.15) is 29.8 Å². The number of benzene rings is 2. The lowest BCUT2D eigenvalue weighted by Crippen LogP contribution is -2.47. The van der Waals surface area contributed by atoms with E-state index in [9.17, 15) is 4.79 Å². The summed E-state index contributed by atoms with van der Waals surface area (Å²) in [6, 6.07) is 15.1. The van der Waals surface area contributed by atoms with Gasteiger partial charge < -0.3 is 14.6 Å². The molecule has 1 amide bonds. The van der Waals surface area contributed by atoms with Crippen LogP contribution in [-0.4, -0.2) is 26.2 Å². The Morgan fingerprint density at radius 1 is 1.08 bits per heavy atom. The summed E-state index contributed by atoms with van der Waals surface area (Å²) in [4.78, 5) is 12.3. The summed E-state index contributed by atoms with van der Waals surface area (Å²) < 4.78 is 11.6. The molecule has 0 unspecified atom stereocenters. The molecule has 1 heterocycles. The largest absolute Gasteiger partial charge is 0.493 e. The molecule has 0 saturated carbocycles. The predicted octanol–water partition coefficient (Wildman–Crippen LogP) is 3.02. The lowest BCUT2D eigenvalue weighted by molar-refractivity contribution is 0.0343. The van der Waals surface area contributed by atoms with E-state index in [0.29, 0.717) is 18.8 Å². The van der Waals surface area contributed by atoms with Crippen LogP contribution in [0.15, 0.2) is 48.5 Å². The number of nitrogens with one attached hydrogen (secondary N) is 1. The number of carbonyl (C=O) groups is 1. The quantitative estimate of drug-likeness (QED) is 0.884. The highest BCUT2D eigenvalue weighted by molar-refractivity contribution is 6.61. The van der Waals surface area contributed by atoms with Gasteiger partial charge in [-0.1, -0.05) is 43.7 Å². The lowest BCUT2D eigenvalue weighted by Gasteiger charge is -2.33. The van der Waals surface area contributed by atoms with Crippen LogP contribution >= 0.6 is 0 Å². The molecular formula is C19H22BNO3. The maximum Gasteiger partial charge on any atom is 0.493 e. The fourth-order valence-electron chi connectivity index (χ4n) is 2.56. The molecule has 1 N–H and O–H groups in total. The molecule has 4 nitrogen and oxygen atoms in total. The van der Waals surface area contributed by atoms with Gasteiger partial charge in [0.15, 0.2) is 0 Å². The van der Waals surface area contributed by atoms with Crippen LogP contribution in [0.5, 0.6) is 0 Å². The molecule has 0 radical (unpaired) electrons. The van der Waals surface area contributed by atoms with Crippen molar-refractivity contribution in [1.82, 2.24) is 0 Å². The topological polar surface area (TPSA) is 47.6 Å². The second kappa shape index (κ2) is 6.79. The van der Waals surface area contributed by atoms with Gasteiger partial charge in [-0.3, -0.25) is 4.79 Å². The Bertz CT molecular complexity index is 718. The molecule has 1 fully saturated rings. The minimum atomic E-state index is -0.380. The second-order valence-electron chi connectivity index (χ2n) is 7.06. The second-order valence-corrected chi connectivity index (χ2v) is 7.06. The Labute approximate surface area is 143 Å². The Morgan fingerprint density at radius 2 is 1.75 bits per heavy atom. The van der Waals surface area contributed by atoms with Gasteiger partial charge in [-0.2, -0.15) is 0 Å². The molecule has 1 aliphatic rings. The van der Waals surface area contributed by atoms with E-state index in [1.807, 2.05) is 55.5 Å². The first-order chi connectivity index (χ1) is 11.4. The highest BCUT2D eigenvalue weighted by Gasteiger charge is 2.33. The number of anilines is 1. The first-order valence-electron chi connectivity index (χ1n) is 8.14. The number of amides is 1. The van der Waals surface area contributed by atoms with Gasteiger partial charge in [0, 0.05) is 29.9 Å². The highest BCUT2D eigenvalue weighted by Crippen LogP contribution is 2.21. The molecule has 5 heteroatoms. The van der Waals surface area contributed by atoms with Gasteiger partial charge in [0.2, 0.25) is 0 Å². The summed E-state index contributed by atoms with van der Waals surface area (Å²) in [5.74, 6) is -0.126. The number of hydrogen-bond acceptors (Lipinski definition) is 3. The lowest BCUT2D eigenvalue weighted by atomic mass is 9.76. The van der Waals surface area contributed by atoms with Crippen molar-refractivity contribution >= 4 is 24.2 Å². The fraction of sp³-hybridized carbons (Fsp3) is 0.316. The third-order valence-corrected chi connectivity index (χ3v) is 3.98. The Balaban J connectivity index is 1.69. The molecule has 3 rings (SSSR count). The van der Waals surface area contributed by atoms with E-state index in [0.717, 1.165) is 16.7 Å². The molecule has 124 valence electrons. The van der Waals surface area contributed by atoms with Crippen LogP contribution in [0, 0.1) is 12.3 Å². The van der Waals surface area contributed by atoms with E-state index in [2.05, 4.69) is 19.2 Å². The zero-order chi connectivity index (χ0) is 17.2. The van der Waals surface area contributed by atoms with Gasteiger partial charge >= 0.3 is 7.12 Å². The predicted molar refractivity (Wildman–Crippen MR) is 96.6 cm³/mol. The van der Waals surface area contributed by atoms with E-state index in [1.165, 1.54) is 0 Å². The molecular weight excluding hydrogens is 301 g/mol. The smallest absolute Gasteiger partial charge is 0.407 e. The standard InChI is InChI=1S/C19H22BNO3/c1-14-7-9-15(10-8-14)18(22)21-17-6-4-5-16(11-17)20-23-12-19(2,3)13-24-20/h4-11H,12-13H2,1-3H3,(H,21,22). The van der Waals surface area contributed by atoms with Gasteiger partial charge in [0.1, 0.15) is 0 Å². The molecule has 24 heavy (non-hydrogen) atoms. The number of hydrogen-bond donors (Lipinski definition) is 1. The molecule has 0 aromatic heterocycles. The molecule has 0 atom stereocenters. The summed E-state index contributed by atoms with van der Waals surface area (Å²) in [6.07, 6.45) is 0. The zero-order valence-corrected chi connectivity index (χ0v) is 14.3. The van der Waals surface area contributed by atoms with Gasteiger partial charge in [-0.15, -0.1) is 0 Å². The van der Waals surface area contributed by atoms with Crippen molar-refractivity contribution in [2.75, 3.05) is 18.5 Å². The zero-order valence-electron chi connectivity index (χ0n) is 14.3. The normalized spacial score (nSPS) is 16.7. The van der Waals surface area contributed by atoms with Crippen LogP contribution in [0.3, 0.4) is 0 Å². The van der Waals surface area contributed by atoms with Crippen molar-refractivity contribution in [3.63, 3.8) is 0 Å². The molecule has 1 saturated heterocycles. The number of rotatable bonds is 3. The number of aryl methyl sites for hydroxylation is 1. The van der Waals surface area contributed by atoms with E-state index in [1.54, 1.807) is 0 Å². The van der Waals surface area contributed by atoms with Crippen LogP contribution in [0.25, 0.3) is 0 Å². The van der Waals surface area contributed by atoms with Gasteiger partial charge in [-0.05, 0) is 36.7 Å². The minimum Gasteiger partial charge on any atom is -0.407 e. The van der Waals surface area contributed by atoms with Crippen LogP contribution in [0.2, 0.25) is 0 Å². The van der Waals surface area contributed by atoms with Crippen molar-refractivity contribution in [3.8, 4) is 0 Å². The average Bonchev–Trinajstić information content (AvgIpc) is 2.55. The van der Waals surface area contributed by atoms with Crippen LogP contribution in [-0.2, 0) is 9.31 Å². The minimum absolute atomic E-state index is 0.0355. The molecule has 0 bridgehead atoms. The van der Waals surface area contributed by atoms with Crippen LogP contribution < -0.4 is 10.8 Å². The first kappa shape index (κ1) is 16.7. The molecule has 2 aromatic carbocycles. The van der Waals surface area contributed by atoms with Gasteiger partial charge in [-0.25, -0.2) is 0 Å². The van der Waals surface area contributed by atoms with Crippen molar-refractivity contribution in [1.29, 1.82) is 0 Å². The maximum atomic E-state index is 12.3. The molecule has 1 aliphatic heterocycles. The first-order valence-corrected chi connectivity index (χ1v) is 8.14.